The fourth-order valence-corrected chi connectivity index (χ4v) is 1.93. The SMILES string of the molecule is CCCNC(=O)Nc1ccc(NCc2ccc(F)cc2)[nH+]c1N.[Cl-]. The second-order valence-corrected chi connectivity index (χ2v) is 5.06. The second-order valence-electron chi connectivity index (χ2n) is 5.06. The molecule has 2 rings (SSSR count). The third-order valence-corrected chi connectivity index (χ3v) is 3.16. The van der Waals surface area contributed by atoms with Gasteiger partial charge in [-0.2, -0.15) is 0 Å². The monoisotopic (exact) mass is 353 g/mol. The van der Waals surface area contributed by atoms with Crippen LogP contribution in [-0.4, -0.2) is 12.6 Å². The van der Waals surface area contributed by atoms with Gasteiger partial charge in [0.15, 0.2) is 0 Å². The molecule has 8 heteroatoms. The van der Waals surface area contributed by atoms with Crippen molar-refractivity contribution in [3.8, 4) is 0 Å². The van der Waals surface area contributed by atoms with Crippen molar-refractivity contribution in [2.24, 2.45) is 0 Å². The van der Waals surface area contributed by atoms with Crippen LogP contribution in [0.15, 0.2) is 36.4 Å². The first kappa shape index (κ1) is 19.5. The van der Waals surface area contributed by atoms with Crippen molar-refractivity contribution in [3.05, 3.63) is 47.8 Å². The van der Waals surface area contributed by atoms with E-state index in [-0.39, 0.29) is 24.3 Å². The van der Waals surface area contributed by atoms with E-state index in [9.17, 15) is 9.18 Å². The van der Waals surface area contributed by atoms with Crippen LogP contribution in [0.2, 0.25) is 0 Å². The Morgan fingerprint density at radius 2 is 1.92 bits per heavy atom. The van der Waals surface area contributed by atoms with Gasteiger partial charge in [0, 0.05) is 12.6 Å². The molecule has 1 aromatic heterocycles. The van der Waals surface area contributed by atoms with E-state index in [1.54, 1.807) is 24.3 Å². The summed E-state index contributed by atoms with van der Waals surface area (Å²) in [7, 11) is 0. The number of amides is 2. The first-order chi connectivity index (χ1) is 11.1. The molecule has 2 aromatic rings. The van der Waals surface area contributed by atoms with Crippen molar-refractivity contribution in [2.75, 3.05) is 22.9 Å². The minimum atomic E-state index is -0.293. The largest absolute Gasteiger partial charge is 1.00 e. The van der Waals surface area contributed by atoms with Gasteiger partial charge in [-0.05, 0) is 30.2 Å². The molecule has 0 spiro atoms. The molecular formula is C16H21ClFN5O. The van der Waals surface area contributed by atoms with Gasteiger partial charge in [0.25, 0.3) is 0 Å². The van der Waals surface area contributed by atoms with E-state index in [2.05, 4.69) is 20.9 Å². The predicted molar refractivity (Wildman–Crippen MR) is 88.4 cm³/mol. The molecule has 0 aliphatic carbocycles. The zero-order valence-electron chi connectivity index (χ0n) is 13.3. The summed E-state index contributed by atoms with van der Waals surface area (Å²) in [6.45, 7) is 3.11. The van der Waals surface area contributed by atoms with Gasteiger partial charge in [-0.1, -0.05) is 19.1 Å². The lowest BCUT2D eigenvalue weighted by Gasteiger charge is -2.08. The molecule has 0 saturated heterocycles. The number of carbonyl (C=O) groups excluding carboxylic acids is 1. The Labute approximate surface area is 146 Å². The highest BCUT2D eigenvalue weighted by molar-refractivity contribution is 5.91. The Morgan fingerprint density at radius 1 is 1.21 bits per heavy atom. The minimum absolute atomic E-state index is 0. The van der Waals surface area contributed by atoms with E-state index in [1.165, 1.54) is 12.1 Å². The number of anilines is 3. The van der Waals surface area contributed by atoms with Gasteiger partial charge < -0.3 is 34.1 Å². The number of rotatable bonds is 6. The van der Waals surface area contributed by atoms with Crippen molar-refractivity contribution in [3.63, 3.8) is 0 Å². The Bertz CT molecular complexity index is 666. The Balaban J connectivity index is 0.00000288. The highest BCUT2D eigenvalue weighted by atomic mass is 35.5. The lowest BCUT2D eigenvalue weighted by molar-refractivity contribution is -0.342. The Hall–Kier alpha value is -2.54. The van der Waals surface area contributed by atoms with Gasteiger partial charge in [-0.3, -0.25) is 0 Å². The van der Waals surface area contributed by atoms with Gasteiger partial charge in [-0.15, -0.1) is 0 Å². The number of halogens is 2. The van der Waals surface area contributed by atoms with E-state index in [0.717, 1.165) is 12.0 Å². The Morgan fingerprint density at radius 3 is 2.54 bits per heavy atom. The fraction of sp³-hybridized carbons (Fsp3) is 0.250. The van der Waals surface area contributed by atoms with Crippen LogP contribution >= 0.6 is 0 Å². The Kier molecular flexibility index (Phi) is 7.77. The summed E-state index contributed by atoms with van der Waals surface area (Å²) < 4.78 is 12.8. The molecule has 0 aliphatic heterocycles. The molecule has 1 aromatic carbocycles. The van der Waals surface area contributed by atoms with Crippen LogP contribution in [0.1, 0.15) is 18.9 Å². The summed E-state index contributed by atoms with van der Waals surface area (Å²) in [4.78, 5) is 14.6. The highest BCUT2D eigenvalue weighted by Crippen LogP contribution is 2.15. The number of nitrogen functional groups attached to an aromatic ring is 1. The van der Waals surface area contributed by atoms with Crippen molar-refractivity contribution in [2.45, 2.75) is 19.9 Å². The quantitative estimate of drug-likeness (QED) is 0.557. The maximum absolute atomic E-state index is 12.8. The van der Waals surface area contributed by atoms with Crippen LogP contribution in [0.5, 0.6) is 0 Å². The third-order valence-electron chi connectivity index (χ3n) is 3.16. The lowest BCUT2D eigenvalue weighted by atomic mass is 10.2. The first-order valence-electron chi connectivity index (χ1n) is 7.43. The summed E-state index contributed by atoms with van der Waals surface area (Å²) in [5.41, 5.74) is 7.35. The number of benzene rings is 1. The number of nitrogens with one attached hydrogen (secondary N) is 4. The van der Waals surface area contributed by atoms with Crippen molar-refractivity contribution in [1.82, 2.24) is 5.32 Å². The van der Waals surface area contributed by atoms with Crippen LogP contribution in [-0.2, 0) is 6.54 Å². The van der Waals surface area contributed by atoms with Crippen molar-refractivity contribution < 1.29 is 26.6 Å². The molecule has 0 saturated carbocycles. The maximum Gasteiger partial charge on any atom is 0.319 e. The van der Waals surface area contributed by atoms with Crippen LogP contribution in [0.3, 0.4) is 0 Å². The molecule has 0 fully saturated rings. The normalized spacial score (nSPS) is 9.75. The number of aromatic amines is 1. The van der Waals surface area contributed by atoms with Crippen LogP contribution in [0, 0.1) is 5.82 Å². The topological polar surface area (TPSA) is 93.3 Å². The van der Waals surface area contributed by atoms with Gasteiger partial charge in [-0.25, -0.2) is 14.2 Å². The van der Waals surface area contributed by atoms with Gasteiger partial charge in [0.1, 0.15) is 11.5 Å². The van der Waals surface area contributed by atoms with Gasteiger partial charge in [0.2, 0.25) is 11.6 Å². The molecule has 0 aliphatic rings. The number of hydrogen-bond donors (Lipinski definition) is 4. The van der Waals surface area contributed by atoms with Crippen LogP contribution in [0.4, 0.5) is 26.5 Å². The molecule has 24 heavy (non-hydrogen) atoms. The summed E-state index contributed by atoms with van der Waals surface area (Å²) in [6.07, 6.45) is 0.862. The van der Waals surface area contributed by atoms with E-state index < -0.39 is 0 Å². The smallest absolute Gasteiger partial charge is 0.319 e. The van der Waals surface area contributed by atoms with Gasteiger partial charge in [0.05, 0.1) is 6.54 Å². The summed E-state index contributed by atoms with van der Waals surface area (Å²) in [5.74, 6) is 0.786. The molecule has 0 unspecified atom stereocenters. The van der Waals surface area contributed by atoms with Gasteiger partial charge >= 0.3 is 6.03 Å². The van der Waals surface area contributed by atoms with Crippen molar-refractivity contribution in [1.29, 1.82) is 0 Å². The molecule has 1 heterocycles. The fourth-order valence-electron chi connectivity index (χ4n) is 1.93. The molecule has 6 N–H and O–H groups in total. The first-order valence-corrected chi connectivity index (χ1v) is 7.43. The second kappa shape index (κ2) is 9.57. The number of nitrogens with two attached hydrogens (primary N) is 1. The van der Waals surface area contributed by atoms with E-state index in [1.807, 2.05) is 6.92 Å². The minimum Gasteiger partial charge on any atom is -1.00 e. The number of pyridine rings is 1. The summed E-state index contributed by atoms with van der Waals surface area (Å²) in [5, 5.41) is 8.53. The average Bonchev–Trinajstić information content (AvgIpc) is 2.54. The molecule has 0 bridgehead atoms. The zero-order chi connectivity index (χ0) is 16.7. The number of hydrogen-bond acceptors (Lipinski definition) is 3. The lowest BCUT2D eigenvalue weighted by Crippen LogP contribution is -3.00. The molecular weight excluding hydrogens is 333 g/mol. The average molecular weight is 354 g/mol. The third kappa shape index (κ3) is 5.92. The van der Waals surface area contributed by atoms with E-state index >= 15 is 0 Å². The summed E-state index contributed by atoms with van der Waals surface area (Å²) in [6, 6.07) is 9.44. The standard InChI is InChI=1S/C16H20FN5O.ClH/c1-2-9-19-16(23)21-13-7-8-14(22-15(13)18)20-10-11-3-5-12(17)6-4-11;/h3-8H,2,9-10H2,1H3,(H3,18,20,22)(H2,19,21,23);1H. The van der Waals surface area contributed by atoms with Crippen LogP contribution in [0.25, 0.3) is 0 Å². The summed E-state index contributed by atoms with van der Waals surface area (Å²) >= 11 is 0. The number of aromatic nitrogens is 1. The highest BCUT2D eigenvalue weighted by Gasteiger charge is 2.09. The molecule has 130 valence electrons. The number of urea groups is 1. The predicted octanol–water partition coefficient (Wildman–Crippen LogP) is -0.630. The van der Waals surface area contributed by atoms with E-state index in [0.29, 0.717) is 30.4 Å². The maximum atomic E-state index is 12.8. The van der Waals surface area contributed by atoms with Crippen molar-refractivity contribution >= 4 is 23.4 Å². The molecule has 0 atom stereocenters. The molecule has 6 nitrogen and oxygen atoms in total. The van der Waals surface area contributed by atoms with Crippen LogP contribution < -0.4 is 39.1 Å². The number of carbonyl (C=O) groups is 1. The van der Waals surface area contributed by atoms with E-state index in [4.69, 9.17) is 5.73 Å². The number of H-pyrrole nitrogens is 1. The zero-order valence-corrected chi connectivity index (χ0v) is 14.1. The molecule has 2 amide bonds. The molecule has 0 radical (unpaired) electrons.